The third-order valence-electron chi connectivity index (χ3n) is 3.74. The number of aromatic amines is 1. The van der Waals surface area contributed by atoms with Crippen molar-refractivity contribution in [2.24, 2.45) is 0 Å². The molecule has 0 spiro atoms. The van der Waals surface area contributed by atoms with Crippen molar-refractivity contribution in [3.8, 4) is 5.75 Å². The molecule has 0 saturated carbocycles. The Bertz CT molecular complexity index is 649. The molecule has 0 aliphatic carbocycles. The Hall–Kier alpha value is -2.30. The zero-order valence-corrected chi connectivity index (χ0v) is 14.2. The number of ether oxygens (including phenoxy) is 1. The average molecular weight is 315 g/mol. The average Bonchev–Trinajstić information content (AvgIpc) is 3.00. The Morgan fingerprint density at radius 2 is 2.04 bits per heavy atom. The van der Waals surface area contributed by atoms with E-state index in [4.69, 9.17) is 4.74 Å². The fourth-order valence-corrected chi connectivity index (χ4v) is 2.35. The van der Waals surface area contributed by atoms with Crippen molar-refractivity contribution in [2.75, 3.05) is 5.32 Å². The lowest BCUT2D eigenvalue weighted by Gasteiger charge is -2.20. The SMILES string of the molecule is CCc1cc(NC(=O)C(CC)Oc2ccccc2C(C)C)n[nH]1. The second-order valence-corrected chi connectivity index (χ2v) is 5.83. The van der Waals surface area contributed by atoms with Crippen LogP contribution in [0.4, 0.5) is 5.82 Å². The van der Waals surface area contributed by atoms with E-state index >= 15 is 0 Å². The number of anilines is 1. The summed E-state index contributed by atoms with van der Waals surface area (Å²) in [6.45, 7) is 8.18. The van der Waals surface area contributed by atoms with Gasteiger partial charge < -0.3 is 10.1 Å². The van der Waals surface area contributed by atoms with Crippen LogP contribution in [0.2, 0.25) is 0 Å². The van der Waals surface area contributed by atoms with Gasteiger partial charge in [0.25, 0.3) is 5.91 Å². The van der Waals surface area contributed by atoms with Crippen molar-refractivity contribution < 1.29 is 9.53 Å². The fraction of sp³-hybridized carbons (Fsp3) is 0.444. The summed E-state index contributed by atoms with van der Waals surface area (Å²) < 4.78 is 5.97. The molecule has 5 heteroatoms. The zero-order valence-electron chi connectivity index (χ0n) is 14.2. The number of rotatable bonds is 7. The molecule has 1 heterocycles. The molecule has 0 fully saturated rings. The van der Waals surface area contributed by atoms with Crippen LogP contribution >= 0.6 is 0 Å². The number of nitrogens with zero attached hydrogens (tertiary/aromatic N) is 1. The number of carbonyl (C=O) groups excluding carboxylic acids is 1. The quantitative estimate of drug-likeness (QED) is 0.814. The highest BCUT2D eigenvalue weighted by molar-refractivity contribution is 5.93. The van der Waals surface area contributed by atoms with Gasteiger partial charge >= 0.3 is 0 Å². The molecule has 2 aromatic rings. The summed E-state index contributed by atoms with van der Waals surface area (Å²) in [4.78, 5) is 12.4. The number of hydrogen-bond donors (Lipinski definition) is 2. The van der Waals surface area contributed by atoms with E-state index in [1.165, 1.54) is 0 Å². The van der Waals surface area contributed by atoms with E-state index in [2.05, 4.69) is 29.4 Å². The lowest BCUT2D eigenvalue weighted by atomic mass is 10.0. The van der Waals surface area contributed by atoms with E-state index in [0.717, 1.165) is 23.4 Å². The third kappa shape index (κ3) is 4.34. The molecule has 1 aromatic carbocycles. The highest BCUT2D eigenvalue weighted by Gasteiger charge is 2.21. The van der Waals surface area contributed by atoms with Gasteiger partial charge in [-0.3, -0.25) is 9.89 Å². The van der Waals surface area contributed by atoms with Crippen molar-refractivity contribution in [1.82, 2.24) is 10.2 Å². The van der Waals surface area contributed by atoms with Crippen molar-refractivity contribution in [3.63, 3.8) is 0 Å². The summed E-state index contributed by atoms with van der Waals surface area (Å²) in [5.41, 5.74) is 2.09. The van der Waals surface area contributed by atoms with Crippen molar-refractivity contribution in [1.29, 1.82) is 0 Å². The topological polar surface area (TPSA) is 67.0 Å². The Morgan fingerprint density at radius 3 is 2.65 bits per heavy atom. The minimum atomic E-state index is -0.545. The molecule has 1 aromatic heterocycles. The van der Waals surface area contributed by atoms with Gasteiger partial charge in [0.15, 0.2) is 11.9 Å². The van der Waals surface area contributed by atoms with Gasteiger partial charge in [-0.1, -0.05) is 45.9 Å². The first-order valence-corrected chi connectivity index (χ1v) is 8.15. The monoisotopic (exact) mass is 315 g/mol. The summed E-state index contributed by atoms with van der Waals surface area (Å²) in [7, 11) is 0. The van der Waals surface area contributed by atoms with Crippen LogP contribution in [0.5, 0.6) is 5.75 Å². The van der Waals surface area contributed by atoms with E-state index in [1.807, 2.05) is 44.2 Å². The Labute approximate surface area is 137 Å². The molecule has 0 saturated heterocycles. The number of hydrogen-bond acceptors (Lipinski definition) is 3. The molecule has 23 heavy (non-hydrogen) atoms. The van der Waals surface area contributed by atoms with Crippen LogP contribution in [0, 0.1) is 0 Å². The minimum absolute atomic E-state index is 0.180. The first-order chi connectivity index (χ1) is 11.0. The second kappa shape index (κ2) is 7.81. The summed E-state index contributed by atoms with van der Waals surface area (Å²) in [5, 5.41) is 9.78. The largest absolute Gasteiger partial charge is 0.480 e. The second-order valence-electron chi connectivity index (χ2n) is 5.83. The van der Waals surface area contributed by atoms with Crippen molar-refractivity contribution in [3.05, 3.63) is 41.6 Å². The predicted molar refractivity (Wildman–Crippen MR) is 91.8 cm³/mol. The van der Waals surface area contributed by atoms with Crippen LogP contribution in [-0.2, 0) is 11.2 Å². The Balaban J connectivity index is 2.09. The van der Waals surface area contributed by atoms with Crippen LogP contribution < -0.4 is 10.1 Å². The molecule has 0 bridgehead atoms. The standard InChI is InChI=1S/C18H25N3O2/c1-5-13-11-17(21-20-13)19-18(22)15(6-2)23-16-10-8-7-9-14(16)12(3)4/h7-12,15H,5-6H2,1-4H3,(H2,19,20,21,22). The first kappa shape index (κ1) is 17.1. The number of para-hydroxylation sites is 1. The number of aromatic nitrogens is 2. The van der Waals surface area contributed by atoms with Gasteiger partial charge in [-0.2, -0.15) is 5.10 Å². The lowest BCUT2D eigenvalue weighted by molar-refractivity contribution is -0.122. The van der Waals surface area contributed by atoms with Gasteiger partial charge in [0.1, 0.15) is 5.75 Å². The molecule has 0 aliphatic heterocycles. The minimum Gasteiger partial charge on any atom is -0.480 e. The summed E-state index contributed by atoms with van der Waals surface area (Å²) in [5.74, 6) is 1.46. The molecule has 5 nitrogen and oxygen atoms in total. The molecule has 1 unspecified atom stereocenters. The predicted octanol–water partition coefficient (Wildman–Crippen LogP) is 3.89. The molecule has 124 valence electrons. The zero-order chi connectivity index (χ0) is 16.8. The number of H-pyrrole nitrogens is 1. The van der Waals surface area contributed by atoms with E-state index in [-0.39, 0.29) is 5.91 Å². The molecular formula is C18H25N3O2. The molecular weight excluding hydrogens is 290 g/mol. The normalized spacial score (nSPS) is 12.2. The Kier molecular flexibility index (Phi) is 5.79. The van der Waals surface area contributed by atoms with E-state index < -0.39 is 6.10 Å². The molecule has 1 amide bonds. The third-order valence-corrected chi connectivity index (χ3v) is 3.74. The molecule has 2 rings (SSSR count). The number of nitrogens with one attached hydrogen (secondary N) is 2. The van der Waals surface area contributed by atoms with E-state index in [9.17, 15) is 4.79 Å². The number of aryl methyl sites for hydroxylation is 1. The van der Waals surface area contributed by atoms with Gasteiger partial charge in [0.05, 0.1) is 0 Å². The van der Waals surface area contributed by atoms with Crippen LogP contribution in [0.25, 0.3) is 0 Å². The molecule has 1 atom stereocenters. The van der Waals surface area contributed by atoms with Gasteiger partial charge in [-0.05, 0) is 30.4 Å². The maximum atomic E-state index is 12.4. The highest BCUT2D eigenvalue weighted by Crippen LogP contribution is 2.27. The summed E-state index contributed by atoms with van der Waals surface area (Å²) in [6.07, 6.45) is 0.887. The number of carbonyl (C=O) groups is 1. The number of benzene rings is 1. The smallest absolute Gasteiger partial charge is 0.266 e. The molecule has 0 aliphatic rings. The first-order valence-electron chi connectivity index (χ1n) is 8.15. The van der Waals surface area contributed by atoms with Crippen LogP contribution in [-0.4, -0.2) is 22.2 Å². The van der Waals surface area contributed by atoms with Gasteiger partial charge in [-0.15, -0.1) is 0 Å². The van der Waals surface area contributed by atoms with Crippen molar-refractivity contribution >= 4 is 11.7 Å². The maximum Gasteiger partial charge on any atom is 0.266 e. The Morgan fingerprint density at radius 1 is 1.30 bits per heavy atom. The van der Waals surface area contributed by atoms with Crippen LogP contribution in [0.15, 0.2) is 30.3 Å². The van der Waals surface area contributed by atoms with Crippen LogP contribution in [0.1, 0.15) is 51.3 Å². The van der Waals surface area contributed by atoms with Gasteiger partial charge in [-0.25, -0.2) is 0 Å². The van der Waals surface area contributed by atoms with E-state index in [0.29, 0.717) is 18.2 Å². The lowest BCUT2D eigenvalue weighted by Crippen LogP contribution is -2.32. The van der Waals surface area contributed by atoms with Gasteiger partial charge in [0.2, 0.25) is 0 Å². The van der Waals surface area contributed by atoms with Crippen molar-refractivity contribution in [2.45, 2.75) is 52.6 Å². The van der Waals surface area contributed by atoms with Gasteiger partial charge in [0, 0.05) is 11.8 Å². The highest BCUT2D eigenvalue weighted by atomic mass is 16.5. The number of amides is 1. The molecule has 0 radical (unpaired) electrons. The summed E-state index contributed by atoms with van der Waals surface area (Å²) >= 11 is 0. The summed E-state index contributed by atoms with van der Waals surface area (Å²) in [6, 6.07) is 9.69. The molecule has 2 N–H and O–H groups in total. The maximum absolute atomic E-state index is 12.4. The fourth-order valence-electron chi connectivity index (χ4n) is 2.35. The van der Waals surface area contributed by atoms with Crippen LogP contribution in [0.3, 0.4) is 0 Å². The van der Waals surface area contributed by atoms with E-state index in [1.54, 1.807) is 0 Å².